The zero-order valence-corrected chi connectivity index (χ0v) is 11.1. The van der Waals surface area contributed by atoms with Gasteiger partial charge in [0, 0.05) is 26.2 Å². The predicted molar refractivity (Wildman–Crippen MR) is 68.0 cm³/mol. The molecule has 0 bridgehead atoms. The summed E-state index contributed by atoms with van der Waals surface area (Å²) < 4.78 is 7.88. The summed E-state index contributed by atoms with van der Waals surface area (Å²) in [5.41, 5.74) is 1.34. The molecule has 1 spiro atoms. The van der Waals surface area contributed by atoms with E-state index in [1.54, 1.807) is 0 Å². The van der Waals surface area contributed by atoms with Crippen molar-refractivity contribution in [3.63, 3.8) is 0 Å². The number of hydrogen-bond donors (Lipinski definition) is 1. The third-order valence-corrected chi connectivity index (χ3v) is 4.39. The zero-order chi connectivity index (χ0) is 12.4. The molecule has 1 aromatic heterocycles. The lowest BCUT2D eigenvalue weighted by molar-refractivity contribution is -0.0838. The molecule has 3 rings (SSSR count). The Morgan fingerprint density at radius 2 is 2.33 bits per heavy atom. The van der Waals surface area contributed by atoms with Gasteiger partial charge >= 0.3 is 0 Å². The summed E-state index contributed by atoms with van der Waals surface area (Å²) in [6, 6.07) is 0.576. The summed E-state index contributed by atoms with van der Waals surface area (Å²) in [5.74, 6) is 0. The molecule has 2 fully saturated rings. The van der Waals surface area contributed by atoms with Crippen molar-refractivity contribution in [2.75, 3.05) is 6.61 Å². The summed E-state index contributed by atoms with van der Waals surface area (Å²) in [5, 5.41) is 11.5. The van der Waals surface area contributed by atoms with Crippen LogP contribution < -0.4 is 5.32 Å². The van der Waals surface area contributed by atoms with E-state index in [0.29, 0.717) is 6.04 Å². The van der Waals surface area contributed by atoms with Gasteiger partial charge in [0.25, 0.3) is 0 Å². The van der Waals surface area contributed by atoms with Gasteiger partial charge in [-0.05, 0) is 25.7 Å². The molecular weight excluding hydrogens is 228 g/mol. The van der Waals surface area contributed by atoms with Gasteiger partial charge in [-0.1, -0.05) is 18.1 Å². The Balaban J connectivity index is 1.55. The third-order valence-electron chi connectivity index (χ3n) is 4.39. The summed E-state index contributed by atoms with van der Waals surface area (Å²) in [7, 11) is 1.94. The molecule has 1 saturated carbocycles. The van der Waals surface area contributed by atoms with Gasteiger partial charge in [0.05, 0.1) is 17.5 Å². The molecule has 1 atom stereocenters. The van der Waals surface area contributed by atoms with Crippen LogP contribution in [-0.2, 0) is 18.3 Å². The second-order valence-electron chi connectivity index (χ2n) is 5.66. The van der Waals surface area contributed by atoms with Crippen molar-refractivity contribution in [1.29, 1.82) is 0 Å². The Labute approximate surface area is 108 Å². The molecule has 1 aliphatic heterocycles. The number of nitrogens with zero attached hydrogens (tertiary/aromatic N) is 3. The normalized spacial score (nSPS) is 26.8. The molecule has 0 aromatic carbocycles. The summed E-state index contributed by atoms with van der Waals surface area (Å²) in [4.78, 5) is 0. The van der Waals surface area contributed by atoms with Gasteiger partial charge in [-0.2, -0.15) is 0 Å². The zero-order valence-electron chi connectivity index (χ0n) is 11.1. The average molecular weight is 250 g/mol. The number of hydrogen-bond acceptors (Lipinski definition) is 4. The largest absolute Gasteiger partial charge is 0.375 e. The molecule has 5 nitrogen and oxygen atoms in total. The number of nitrogens with one attached hydrogen (secondary N) is 1. The smallest absolute Gasteiger partial charge is 0.0738 e. The third kappa shape index (κ3) is 2.42. The standard InChI is InChI=1S/C13H22N4O/c1-17-12(10-15-16-17)9-14-11-4-7-18-13(8-11)5-2-3-6-13/h10-11,14H,2-9H2,1H3. The van der Waals surface area contributed by atoms with Crippen molar-refractivity contribution >= 4 is 0 Å². The second kappa shape index (κ2) is 4.97. The van der Waals surface area contributed by atoms with E-state index in [1.165, 1.54) is 25.7 Å². The molecule has 0 amide bonds. The molecule has 1 unspecified atom stereocenters. The maximum Gasteiger partial charge on any atom is 0.0738 e. The Hall–Kier alpha value is -0.940. The van der Waals surface area contributed by atoms with E-state index in [0.717, 1.165) is 31.7 Å². The first kappa shape index (κ1) is 12.1. The van der Waals surface area contributed by atoms with Crippen LogP contribution in [0.15, 0.2) is 6.20 Å². The van der Waals surface area contributed by atoms with Crippen LogP contribution >= 0.6 is 0 Å². The monoisotopic (exact) mass is 250 g/mol. The van der Waals surface area contributed by atoms with Crippen LogP contribution in [0.4, 0.5) is 0 Å². The fourth-order valence-electron chi connectivity index (χ4n) is 3.29. The molecule has 2 aliphatic rings. The van der Waals surface area contributed by atoms with Gasteiger partial charge in [-0.15, -0.1) is 5.10 Å². The van der Waals surface area contributed by atoms with E-state index < -0.39 is 0 Å². The molecule has 1 saturated heterocycles. The quantitative estimate of drug-likeness (QED) is 0.881. The summed E-state index contributed by atoms with van der Waals surface area (Å²) in [6.45, 7) is 1.76. The number of aromatic nitrogens is 3. The fourth-order valence-corrected chi connectivity index (χ4v) is 3.29. The molecule has 0 radical (unpaired) electrons. The van der Waals surface area contributed by atoms with E-state index in [1.807, 2.05) is 17.9 Å². The van der Waals surface area contributed by atoms with Gasteiger partial charge in [-0.3, -0.25) is 4.68 Å². The van der Waals surface area contributed by atoms with E-state index >= 15 is 0 Å². The van der Waals surface area contributed by atoms with Crippen LogP contribution in [0.1, 0.15) is 44.2 Å². The fraction of sp³-hybridized carbons (Fsp3) is 0.846. The second-order valence-corrected chi connectivity index (χ2v) is 5.66. The maximum atomic E-state index is 6.05. The molecule has 1 N–H and O–H groups in total. The van der Waals surface area contributed by atoms with Crippen molar-refractivity contribution in [3.8, 4) is 0 Å². The van der Waals surface area contributed by atoms with Crippen LogP contribution in [0.3, 0.4) is 0 Å². The van der Waals surface area contributed by atoms with Crippen molar-refractivity contribution in [1.82, 2.24) is 20.3 Å². The Bertz CT molecular complexity index is 397. The first-order chi connectivity index (χ1) is 8.77. The first-order valence-electron chi connectivity index (χ1n) is 6.98. The van der Waals surface area contributed by atoms with Crippen LogP contribution in [0.5, 0.6) is 0 Å². The lowest BCUT2D eigenvalue weighted by atomic mass is 9.89. The van der Waals surface area contributed by atoms with Gasteiger partial charge in [0.15, 0.2) is 0 Å². The highest BCUT2D eigenvalue weighted by Crippen LogP contribution is 2.39. The van der Waals surface area contributed by atoms with Crippen LogP contribution in [-0.4, -0.2) is 33.2 Å². The molecule has 2 heterocycles. The highest BCUT2D eigenvalue weighted by atomic mass is 16.5. The van der Waals surface area contributed by atoms with Gasteiger partial charge < -0.3 is 10.1 Å². The predicted octanol–water partition coefficient (Wildman–Crippen LogP) is 1.40. The van der Waals surface area contributed by atoms with Crippen molar-refractivity contribution in [2.45, 2.75) is 56.7 Å². The highest BCUT2D eigenvalue weighted by molar-refractivity contribution is 4.96. The summed E-state index contributed by atoms with van der Waals surface area (Å²) in [6.07, 6.45) is 9.27. The lowest BCUT2D eigenvalue weighted by Gasteiger charge is -2.38. The van der Waals surface area contributed by atoms with Gasteiger partial charge in [0.2, 0.25) is 0 Å². The average Bonchev–Trinajstić information content (AvgIpc) is 2.97. The Morgan fingerprint density at radius 1 is 1.50 bits per heavy atom. The van der Waals surface area contributed by atoms with Crippen LogP contribution in [0, 0.1) is 0 Å². The number of ether oxygens (including phenoxy) is 1. The molecule has 100 valence electrons. The van der Waals surface area contributed by atoms with E-state index in [2.05, 4.69) is 15.6 Å². The highest BCUT2D eigenvalue weighted by Gasteiger charge is 2.39. The minimum Gasteiger partial charge on any atom is -0.375 e. The van der Waals surface area contributed by atoms with Gasteiger partial charge in [-0.25, -0.2) is 0 Å². The van der Waals surface area contributed by atoms with E-state index in [9.17, 15) is 0 Å². The molecular formula is C13H22N4O. The van der Waals surface area contributed by atoms with E-state index in [-0.39, 0.29) is 5.60 Å². The topological polar surface area (TPSA) is 52.0 Å². The van der Waals surface area contributed by atoms with Crippen molar-refractivity contribution in [2.24, 2.45) is 7.05 Å². The molecule has 18 heavy (non-hydrogen) atoms. The Kier molecular flexibility index (Phi) is 3.35. The Morgan fingerprint density at radius 3 is 3.06 bits per heavy atom. The van der Waals surface area contributed by atoms with Gasteiger partial charge in [0.1, 0.15) is 0 Å². The van der Waals surface area contributed by atoms with Crippen LogP contribution in [0.25, 0.3) is 0 Å². The maximum absolute atomic E-state index is 6.05. The van der Waals surface area contributed by atoms with E-state index in [4.69, 9.17) is 4.74 Å². The minimum atomic E-state index is 0.195. The van der Waals surface area contributed by atoms with Crippen molar-refractivity contribution in [3.05, 3.63) is 11.9 Å². The first-order valence-corrected chi connectivity index (χ1v) is 6.98. The summed E-state index contributed by atoms with van der Waals surface area (Å²) >= 11 is 0. The number of rotatable bonds is 3. The number of aryl methyl sites for hydroxylation is 1. The molecule has 5 heteroatoms. The SMILES string of the molecule is Cn1nncc1CNC1CCOC2(CCCC2)C1. The minimum absolute atomic E-state index is 0.195. The molecule has 1 aliphatic carbocycles. The molecule has 1 aromatic rings. The van der Waals surface area contributed by atoms with Crippen LogP contribution in [0.2, 0.25) is 0 Å². The lowest BCUT2D eigenvalue weighted by Crippen LogP contribution is -2.45. The van der Waals surface area contributed by atoms with Crippen molar-refractivity contribution < 1.29 is 4.74 Å².